The number of phosphoric acid groups is 1. The van der Waals surface area contributed by atoms with Crippen LogP contribution in [0.3, 0.4) is 0 Å². The summed E-state index contributed by atoms with van der Waals surface area (Å²) in [4.78, 5) is 40.1. The van der Waals surface area contributed by atoms with Gasteiger partial charge in [-0.05, 0) is 109 Å². The van der Waals surface area contributed by atoms with E-state index in [1.165, 1.54) is 167 Å². The minimum absolute atomic E-state index is 0.0270. The monoisotopic (exact) mass is 1170 g/mol. The van der Waals surface area contributed by atoms with Crippen LogP contribution in [0.5, 0.6) is 0 Å². The summed E-state index contributed by atoms with van der Waals surface area (Å²) in [5.41, 5.74) is 0. The summed E-state index contributed by atoms with van der Waals surface area (Å²) < 4.78 is 30.4. The number of hydrogen-bond donors (Lipinski definition) is 1. The highest BCUT2D eigenvalue weighted by atomic mass is 31.2. The van der Waals surface area contributed by atoms with E-state index in [4.69, 9.17) is 13.8 Å². The molecule has 0 spiro atoms. The lowest BCUT2D eigenvalue weighted by Gasteiger charge is -2.30. The van der Waals surface area contributed by atoms with Crippen molar-refractivity contribution in [3.05, 3.63) is 85.1 Å². The molecule has 0 bridgehead atoms. The molecule has 9 nitrogen and oxygen atoms in total. The molecule has 1 N–H and O–H groups in total. The molecule has 0 rings (SSSR count). The number of esters is 1. The van der Waals surface area contributed by atoms with Gasteiger partial charge in [0.05, 0.1) is 33.8 Å². The smallest absolute Gasteiger partial charge is 0.306 e. The van der Waals surface area contributed by atoms with Crippen molar-refractivity contribution in [2.45, 2.75) is 322 Å². The molecule has 0 fully saturated rings. The highest BCUT2D eigenvalue weighted by molar-refractivity contribution is 7.45. The minimum Gasteiger partial charge on any atom is -0.756 e. The van der Waals surface area contributed by atoms with Gasteiger partial charge in [-0.2, -0.15) is 0 Å². The van der Waals surface area contributed by atoms with Gasteiger partial charge in [-0.3, -0.25) is 14.2 Å². The van der Waals surface area contributed by atoms with Crippen LogP contribution in [0.4, 0.5) is 0 Å². The van der Waals surface area contributed by atoms with Gasteiger partial charge < -0.3 is 28.5 Å². The Morgan fingerprint density at radius 1 is 0.427 bits per heavy atom. The van der Waals surface area contributed by atoms with Crippen LogP contribution in [0.2, 0.25) is 0 Å². The number of nitrogens with zero attached hydrogens (tertiary/aromatic N) is 1. The van der Waals surface area contributed by atoms with Gasteiger partial charge in [0.1, 0.15) is 19.3 Å². The number of carbonyl (C=O) groups excluding carboxylic acids is 2. The van der Waals surface area contributed by atoms with Crippen LogP contribution < -0.4 is 10.2 Å². The lowest BCUT2D eigenvalue weighted by molar-refractivity contribution is -0.870. The average molecular weight is 1170 g/mol. The Morgan fingerprint density at radius 2 is 0.744 bits per heavy atom. The fourth-order valence-electron chi connectivity index (χ4n) is 9.71. The molecule has 0 radical (unpaired) electrons. The predicted molar refractivity (Wildman–Crippen MR) is 353 cm³/mol. The topological polar surface area (TPSA) is 114 Å². The van der Waals surface area contributed by atoms with E-state index < -0.39 is 26.6 Å². The molecule has 3 unspecified atom stereocenters. The molecule has 0 aromatic heterocycles. The molecule has 0 aliphatic carbocycles. The van der Waals surface area contributed by atoms with Gasteiger partial charge in [0.2, 0.25) is 5.91 Å². The molecule has 10 heteroatoms. The maximum absolute atomic E-state index is 13.6. The molecule has 0 saturated heterocycles. The highest BCUT2D eigenvalue weighted by Crippen LogP contribution is 2.38. The number of likely N-dealkylation sites (N-methyl/N-ethyl adjacent to an activating group) is 1. The third kappa shape index (κ3) is 61.7. The number of amides is 1. The molecular weight excluding hydrogens is 1040 g/mol. The SMILES string of the molecule is CCCCC/C=C\C/C=C\C/C=C\C/C=C\CCCCCCCCCCCC(=O)NC(COP(=O)([O-])OCC[N+](C)(C)C)C(/C=C\CCCCCCCCCCCC)OC(=O)CCCCCCCCCCC/C=C\C/C=C\CCCCC. The first-order valence-corrected chi connectivity index (χ1v) is 35.9. The molecule has 476 valence electrons. The average Bonchev–Trinajstić information content (AvgIpc) is 3.44. The first-order chi connectivity index (χ1) is 39.9. The number of unbranched alkanes of at least 4 members (excludes halogenated alkanes) is 34. The van der Waals surface area contributed by atoms with Crippen molar-refractivity contribution in [3.63, 3.8) is 0 Å². The normalized spacial score (nSPS) is 14.1. The number of rotatable bonds is 62. The standard InChI is InChI=1S/C72H131N2O7P/c1-7-10-13-16-19-22-25-28-30-32-34-35-36-37-38-39-41-42-44-46-49-52-55-58-61-64-71(75)73-69(68-80-82(77,78)79-67-66-74(4,5)6)70(63-60-57-54-51-48-27-24-21-18-15-12-9-3)81-72(76)65-62-59-56-53-50-47-45-43-40-33-31-29-26-23-20-17-14-11-8-2/h19-20,22-23,28-31,34-35,37-38,60,63,69-70H,7-18,21,24-27,32-33,36,39-59,61-62,64-68H2,1-6H3,(H-,73,75,77,78)/b22-19-,23-20-,30-28-,31-29-,35-34-,38-37-,63-60-. The van der Waals surface area contributed by atoms with Crippen molar-refractivity contribution in [2.75, 3.05) is 40.9 Å². The van der Waals surface area contributed by atoms with Crippen LogP contribution in [0.15, 0.2) is 85.1 Å². The summed E-state index contributed by atoms with van der Waals surface area (Å²) in [5, 5.41) is 3.04. The van der Waals surface area contributed by atoms with Gasteiger partial charge in [-0.15, -0.1) is 0 Å². The van der Waals surface area contributed by atoms with E-state index in [0.717, 1.165) is 109 Å². The van der Waals surface area contributed by atoms with Crippen LogP contribution >= 0.6 is 7.82 Å². The molecule has 0 saturated carbocycles. The number of nitrogens with one attached hydrogen (secondary N) is 1. The second kappa shape index (κ2) is 61.3. The Labute approximate surface area is 507 Å². The van der Waals surface area contributed by atoms with Crippen molar-refractivity contribution in [1.82, 2.24) is 5.32 Å². The van der Waals surface area contributed by atoms with Gasteiger partial charge in [0.25, 0.3) is 7.82 Å². The quantitative estimate of drug-likeness (QED) is 0.0212. The zero-order valence-corrected chi connectivity index (χ0v) is 55.3. The molecule has 0 aliphatic heterocycles. The largest absolute Gasteiger partial charge is 0.756 e. The highest BCUT2D eigenvalue weighted by Gasteiger charge is 2.27. The second-order valence-corrected chi connectivity index (χ2v) is 25.7. The fraction of sp³-hybridized carbons (Fsp3) is 0.778. The summed E-state index contributed by atoms with van der Waals surface area (Å²) in [6, 6.07) is -0.898. The van der Waals surface area contributed by atoms with Gasteiger partial charge in [0, 0.05) is 12.8 Å². The van der Waals surface area contributed by atoms with E-state index in [1.807, 2.05) is 33.3 Å². The summed E-state index contributed by atoms with van der Waals surface area (Å²) in [6.45, 7) is 6.80. The van der Waals surface area contributed by atoms with Gasteiger partial charge in [0.15, 0.2) is 0 Å². The summed E-state index contributed by atoms with van der Waals surface area (Å²) >= 11 is 0. The Bertz CT molecular complexity index is 1680. The molecule has 0 aromatic rings. The molecule has 82 heavy (non-hydrogen) atoms. The van der Waals surface area contributed by atoms with Crippen LogP contribution in [0, 0.1) is 0 Å². The van der Waals surface area contributed by atoms with Crippen molar-refractivity contribution in [1.29, 1.82) is 0 Å². The number of ether oxygens (including phenoxy) is 1. The molecule has 3 atom stereocenters. The van der Waals surface area contributed by atoms with Crippen molar-refractivity contribution < 1.29 is 37.3 Å². The summed E-state index contributed by atoms with van der Waals surface area (Å²) in [6.07, 6.45) is 81.2. The Morgan fingerprint density at radius 3 is 1.13 bits per heavy atom. The van der Waals surface area contributed by atoms with Crippen molar-refractivity contribution in [2.24, 2.45) is 0 Å². The van der Waals surface area contributed by atoms with E-state index in [2.05, 4.69) is 99.0 Å². The van der Waals surface area contributed by atoms with E-state index in [9.17, 15) is 19.0 Å². The minimum atomic E-state index is -4.71. The maximum atomic E-state index is 13.6. The Kier molecular flexibility index (Phi) is 59.2. The number of hydrogen-bond acceptors (Lipinski definition) is 7. The van der Waals surface area contributed by atoms with Gasteiger partial charge in [-0.25, -0.2) is 0 Å². The second-order valence-electron chi connectivity index (χ2n) is 24.3. The molecule has 0 aromatic carbocycles. The van der Waals surface area contributed by atoms with Crippen LogP contribution in [-0.4, -0.2) is 69.4 Å². The van der Waals surface area contributed by atoms with Crippen molar-refractivity contribution in [3.8, 4) is 0 Å². The summed E-state index contributed by atoms with van der Waals surface area (Å²) in [7, 11) is 1.18. The van der Waals surface area contributed by atoms with E-state index in [0.29, 0.717) is 17.4 Å². The number of allylic oxidation sites excluding steroid dienone is 13. The third-order valence-electron chi connectivity index (χ3n) is 15.0. The molecule has 0 aliphatic rings. The Hall–Kier alpha value is -2.81. The van der Waals surface area contributed by atoms with E-state index >= 15 is 0 Å². The fourth-order valence-corrected chi connectivity index (χ4v) is 10.4. The van der Waals surface area contributed by atoms with Crippen molar-refractivity contribution >= 4 is 19.7 Å². The zero-order chi connectivity index (χ0) is 60.0. The predicted octanol–water partition coefficient (Wildman–Crippen LogP) is 21.1. The van der Waals surface area contributed by atoms with Crippen LogP contribution in [-0.2, 0) is 27.9 Å². The first-order valence-electron chi connectivity index (χ1n) is 34.4. The summed E-state index contributed by atoms with van der Waals surface area (Å²) in [5.74, 6) is -0.548. The lowest BCUT2D eigenvalue weighted by atomic mass is 10.0. The Balaban J connectivity index is 5.13. The van der Waals surface area contributed by atoms with Crippen LogP contribution in [0.1, 0.15) is 310 Å². The maximum Gasteiger partial charge on any atom is 0.306 e. The lowest BCUT2D eigenvalue weighted by Crippen LogP contribution is -2.47. The first kappa shape index (κ1) is 79.2. The number of carbonyl (C=O) groups is 2. The third-order valence-corrected chi connectivity index (χ3v) is 16.0. The number of quaternary nitrogens is 1. The van der Waals surface area contributed by atoms with E-state index in [-0.39, 0.29) is 24.9 Å². The van der Waals surface area contributed by atoms with Crippen LogP contribution in [0.25, 0.3) is 0 Å². The molecular formula is C72H131N2O7P. The van der Waals surface area contributed by atoms with E-state index in [1.54, 1.807) is 0 Å². The van der Waals surface area contributed by atoms with Gasteiger partial charge >= 0.3 is 5.97 Å². The number of phosphoric ester groups is 1. The molecule has 1 amide bonds. The zero-order valence-electron chi connectivity index (χ0n) is 54.4. The van der Waals surface area contributed by atoms with Gasteiger partial charge in [-0.1, -0.05) is 273 Å². The molecule has 0 heterocycles.